The number of benzene rings is 1. The quantitative estimate of drug-likeness (QED) is 0.767. The number of rotatable bonds is 7. The molecule has 0 bridgehead atoms. The van der Waals surface area contributed by atoms with Crippen molar-refractivity contribution in [1.29, 1.82) is 0 Å². The smallest absolute Gasteiger partial charge is 0.0500 e. The molecule has 1 unspecified atom stereocenters. The molecule has 0 fully saturated rings. The second-order valence-corrected chi connectivity index (χ2v) is 5.99. The molecule has 1 aromatic rings. The van der Waals surface area contributed by atoms with E-state index in [-0.39, 0.29) is 12.5 Å². The minimum absolute atomic E-state index is 0.236. The van der Waals surface area contributed by atoms with Crippen LogP contribution in [0.2, 0.25) is 0 Å². The Morgan fingerprint density at radius 3 is 2.75 bits per heavy atom. The summed E-state index contributed by atoms with van der Waals surface area (Å²) in [6.07, 6.45) is 2.23. The highest BCUT2D eigenvalue weighted by Crippen LogP contribution is 2.28. The van der Waals surface area contributed by atoms with Crippen LogP contribution in [0.4, 0.5) is 0 Å². The van der Waals surface area contributed by atoms with Crippen LogP contribution in [-0.2, 0) is 0 Å². The van der Waals surface area contributed by atoms with E-state index in [2.05, 4.69) is 28.9 Å². The zero-order chi connectivity index (χ0) is 11.8. The molecule has 3 heteroatoms. The number of halogens is 1. The van der Waals surface area contributed by atoms with Crippen LogP contribution in [0.15, 0.2) is 28.7 Å². The Kier molecular flexibility index (Phi) is 7.17. The zero-order valence-electron chi connectivity index (χ0n) is 9.66. The van der Waals surface area contributed by atoms with Crippen LogP contribution in [0.1, 0.15) is 31.2 Å². The number of hydrogen-bond donors (Lipinski definition) is 1. The van der Waals surface area contributed by atoms with Gasteiger partial charge in [0.25, 0.3) is 0 Å². The van der Waals surface area contributed by atoms with E-state index in [0.717, 1.165) is 10.9 Å². The molecule has 1 atom stereocenters. The zero-order valence-corrected chi connectivity index (χ0v) is 12.1. The monoisotopic (exact) mass is 302 g/mol. The number of aliphatic hydroxyl groups is 1. The van der Waals surface area contributed by atoms with Crippen molar-refractivity contribution < 1.29 is 5.11 Å². The summed E-state index contributed by atoms with van der Waals surface area (Å²) in [5.74, 6) is 2.64. The Balaban J connectivity index is 2.51. The lowest BCUT2D eigenvalue weighted by molar-refractivity contribution is 0.258. The maximum absolute atomic E-state index is 9.43. The lowest BCUT2D eigenvalue weighted by Crippen LogP contribution is -2.05. The van der Waals surface area contributed by atoms with Crippen molar-refractivity contribution in [1.82, 2.24) is 0 Å². The highest BCUT2D eigenvalue weighted by atomic mass is 79.9. The van der Waals surface area contributed by atoms with Crippen LogP contribution in [0.25, 0.3) is 0 Å². The number of thioether (sulfide) groups is 1. The molecule has 0 spiro atoms. The van der Waals surface area contributed by atoms with Gasteiger partial charge >= 0.3 is 0 Å². The minimum atomic E-state index is 0.236. The van der Waals surface area contributed by atoms with Crippen LogP contribution < -0.4 is 0 Å². The Labute approximate surface area is 111 Å². The number of hydrogen-bond acceptors (Lipinski definition) is 2. The maximum Gasteiger partial charge on any atom is 0.0500 e. The summed E-state index contributed by atoms with van der Waals surface area (Å²) in [6, 6.07) is 8.18. The van der Waals surface area contributed by atoms with Gasteiger partial charge in [0, 0.05) is 17.0 Å². The molecule has 0 aliphatic carbocycles. The first-order valence-electron chi connectivity index (χ1n) is 5.72. The van der Waals surface area contributed by atoms with Crippen molar-refractivity contribution in [2.24, 2.45) is 0 Å². The third-order valence-corrected chi connectivity index (χ3v) is 4.32. The lowest BCUT2D eigenvalue weighted by Gasteiger charge is -2.15. The van der Waals surface area contributed by atoms with E-state index >= 15 is 0 Å². The molecular weight excluding hydrogens is 284 g/mol. The normalized spacial score (nSPS) is 12.7. The van der Waals surface area contributed by atoms with Gasteiger partial charge in [-0.2, -0.15) is 11.8 Å². The van der Waals surface area contributed by atoms with Gasteiger partial charge in [-0.1, -0.05) is 41.1 Å². The molecular formula is C13H19BrOS. The van der Waals surface area contributed by atoms with Crippen molar-refractivity contribution in [3.05, 3.63) is 34.3 Å². The van der Waals surface area contributed by atoms with Crippen LogP contribution in [0, 0.1) is 0 Å². The van der Waals surface area contributed by atoms with E-state index in [9.17, 15) is 5.11 Å². The van der Waals surface area contributed by atoms with Crippen LogP contribution in [0.3, 0.4) is 0 Å². The van der Waals surface area contributed by atoms with E-state index in [1.165, 1.54) is 23.5 Å². The topological polar surface area (TPSA) is 20.2 Å². The van der Waals surface area contributed by atoms with Crippen LogP contribution in [-0.4, -0.2) is 23.2 Å². The Morgan fingerprint density at radius 2 is 2.12 bits per heavy atom. The molecule has 0 amide bonds. The molecule has 0 heterocycles. The van der Waals surface area contributed by atoms with E-state index < -0.39 is 0 Å². The van der Waals surface area contributed by atoms with Crippen LogP contribution >= 0.6 is 27.7 Å². The van der Waals surface area contributed by atoms with Gasteiger partial charge in [0.05, 0.1) is 0 Å². The molecule has 0 aliphatic heterocycles. The van der Waals surface area contributed by atoms with Crippen molar-refractivity contribution in [3.8, 4) is 0 Å². The molecule has 1 rings (SSSR count). The second kappa shape index (κ2) is 8.15. The SMILES string of the molecule is CCSCCCC(CO)c1ccccc1Br. The Morgan fingerprint density at radius 1 is 1.38 bits per heavy atom. The summed E-state index contributed by atoms with van der Waals surface area (Å²) in [5, 5.41) is 9.43. The molecule has 1 nitrogen and oxygen atoms in total. The van der Waals surface area contributed by atoms with Crippen molar-refractivity contribution >= 4 is 27.7 Å². The van der Waals surface area contributed by atoms with E-state index in [1.807, 2.05) is 30.0 Å². The molecule has 0 radical (unpaired) electrons. The molecule has 0 aliphatic rings. The standard InChI is InChI=1S/C13H19BrOS/c1-2-16-9-5-6-11(10-15)12-7-3-4-8-13(12)14/h3-4,7-8,11,15H,2,5-6,9-10H2,1H3. The summed E-state index contributed by atoms with van der Waals surface area (Å²) >= 11 is 5.51. The van der Waals surface area contributed by atoms with Crippen LogP contribution in [0.5, 0.6) is 0 Å². The minimum Gasteiger partial charge on any atom is -0.396 e. The van der Waals surface area contributed by atoms with Gasteiger partial charge in [-0.15, -0.1) is 0 Å². The Bertz CT molecular complexity index is 304. The lowest BCUT2D eigenvalue weighted by atomic mass is 9.95. The van der Waals surface area contributed by atoms with E-state index in [0.29, 0.717) is 0 Å². The third kappa shape index (κ3) is 4.48. The Hall–Kier alpha value is 0.01000. The largest absolute Gasteiger partial charge is 0.396 e. The van der Waals surface area contributed by atoms with Crippen molar-refractivity contribution in [2.45, 2.75) is 25.7 Å². The van der Waals surface area contributed by atoms with Crippen molar-refractivity contribution in [3.63, 3.8) is 0 Å². The average molecular weight is 303 g/mol. The molecule has 0 saturated carbocycles. The molecule has 1 aromatic carbocycles. The summed E-state index contributed by atoms with van der Waals surface area (Å²) in [6.45, 7) is 2.42. The van der Waals surface area contributed by atoms with Gasteiger partial charge in [-0.25, -0.2) is 0 Å². The predicted octanol–water partition coefficient (Wildman–Crippen LogP) is 4.06. The van der Waals surface area contributed by atoms with Gasteiger partial charge in [0.2, 0.25) is 0 Å². The average Bonchev–Trinajstić information content (AvgIpc) is 2.31. The van der Waals surface area contributed by atoms with Gasteiger partial charge < -0.3 is 5.11 Å². The fraction of sp³-hybridized carbons (Fsp3) is 0.538. The first-order valence-corrected chi connectivity index (χ1v) is 7.67. The fourth-order valence-corrected chi connectivity index (χ4v) is 3.00. The highest BCUT2D eigenvalue weighted by molar-refractivity contribution is 9.10. The molecule has 16 heavy (non-hydrogen) atoms. The fourth-order valence-electron chi connectivity index (χ4n) is 1.73. The molecule has 90 valence electrons. The summed E-state index contributed by atoms with van der Waals surface area (Å²) < 4.78 is 1.11. The van der Waals surface area contributed by atoms with E-state index in [1.54, 1.807) is 0 Å². The maximum atomic E-state index is 9.43. The number of aliphatic hydroxyl groups excluding tert-OH is 1. The highest BCUT2D eigenvalue weighted by Gasteiger charge is 2.12. The summed E-state index contributed by atoms with van der Waals surface area (Å²) in [7, 11) is 0. The summed E-state index contributed by atoms with van der Waals surface area (Å²) in [4.78, 5) is 0. The summed E-state index contributed by atoms with van der Waals surface area (Å²) in [5.41, 5.74) is 1.23. The molecule has 0 aromatic heterocycles. The molecule has 1 N–H and O–H groups in total. The van der Waals surface area contributed by atoms with Gasteiger partial charge in [0.1, 0.15) is 0 Å². The van der Waals surface area contributed by atoms with Crippen molar-refractivity contribution in [2.75, 3.05) is 18.1 Å². The van der Waals surface area contributed by atoms with Gasteiger partial charge in [-0.05, 0) is 36.0 Å². The van der Waals surface area contributed by atoms with Gasteiger partial charge in [0.15, 0.2) is 0 Å². The van der Waals surface area contributed by atoms with Gasteiger partial charge in [-0.3, -0.25) is 0 Å². The molecule has 0 saturated heterocycles. The first kappa shape index (κ1) is 14.1. The predicted molar refractivity (Wildman–Crippen MR) is 76.2 cm³/mol. The third-order valence-electron chi connectivity index (χ3n) is 2.61. The van der Waals surface area contributed by atoms with E-state index in [4.69, 9.17) is 0 Å². The first-order chi connectivity index (χ1) is 7.79. The second-order valence-electron chi connectivity index (χ2n) is 3.74.